The highest BCUT2D eigenvalue weighted by Crippen LogP contribution is 2.26. The van der Waals surface area contributed by atoms with Crippen molar-refractivity contribution in [3.05, 3.63) is 65.1 Å². The lowest BCUT2D eigenvalue weighted by atomic mass is 10.2. The van der Waals surface area contributed by atoms with Crippen LogP contribution in [0.1, 0.15) is 11.3 Å². The molecule has 1 aromatic carbocycles. The summed E-state index contributed by atoms with van der Waals surface area (Å²) in [5.41, 5.74) is 2.00. The summed E-state index contributed by atoms with van der Waals surface area (Å²) in [4.78, 5) is 4.43. The van der Waals surface area contributed by atoms with Gasteiger partial charge in [0.25, 0.3) is 0 Å². The van der Waals surface area contributed by atoms with Gasteiger partial charge in [-0.05, 0) is 24.3 Å². The number of nitrogens with zero attached hydrogens (tertiary/aromatic N) is 3. The summed E-state index contributed by atoms with van der Waals surface area (Å²) >= 11 is 5.95. The van der Waals surface area contributed by atoms with Crippen LogP contribution in [0.25, 0.3) is 5.65 Å². The van der Waals surface area contributed by atoms with Gasteiger partial charge in [0, 0.05) is 12.4 Å². The highest BCUT2D eigenvalue weighted by Gasteiger charge is 2.08. The van der Waals surface area contributed by atoms with Gasteiger partial charge in [-0.2, -0.15) is 5.26 Å². The van der Waals surface area contributed by atoms with E-state index in [-0.39, 0.29) is 6.61 Å². The van der Waals surface area contributed by atoms with Crippen LogP contribution < -0.4 is 4.74 Å². The number of imidazole rings is 1. The molecule has 0 spiro atoms. The number of halogens is 1. The van der Waals surface area contributed by atoms with Gasteiger partial charge < -0.3 is 9.14 Å². The van der Waals surface area contributed by atoms with Crippen LogP contribution in [0.2, 0.25) is 5.02 Å². The van der Waals surface area contributed by atoms with Gasteiger partial charge >= 0.3 is 0 Å². The third-order valence-electron chi connectivity index (χ3n) is 2.88. The molecule has 0 aliphatic rings. The normalized spacial score (nSPS) is 10.4. The molecule has 3 aromatic rings. The highest BCUT2D eigenvalue weighted by atomic mass is 35.5. The Morgan fingerprint density at radius 3 is 2.95 bits per heavy atom. The Morgan fingerprint density at radius 1 is 1.25 bits per heavy atom. The number of ether oxygens (including phenoxy) is 1. The Balaban J connectivity index is 1.83. The summed E-state index contributed by atoms with van der Waals surface area (Å²) in [6, 6.07) is 13.0. The van der Waals surface area contributed by atoms with Gasteiger partial charge in [0.05, 0.1) is 10.7 Å². The first-order valence-corrected chi connectivity index (χ1v) is 6.40. The van der Waals surface area contributed by atoms with Crippen molar-refractivity contribution in [2.45, 2.75) is 6.61 Å². The predicted octanol–water partition coefficient (Wildman–Crippen LogP) is 3.44. The molecule has 0 saturated heterocycles. The van der Waals surface area contributed by atoms with Crippen molar-refractivity contribution in [1.29, 1.82) is 5.26 Å². The standard InChI is InChI=1S/C15H10ClN3O/c16-13-4-3-5-14(12(13)8-17)20-10-11-9-19-7-2-1-6-15(19)18-11/h1-7,9H,10H2. The van der Waals surface area contributed by atoms with Crippen LogP contribution in [0, 0.1) is 11.3 Å². The van der Waals surface area contributed by atoms with Crippen molar-refractivity contribution < 1.29 is 4.74 Å². The second-order valence-electron chi connectivity index (χ2n) is 4.21. The van der Waals surface area contributed by atoms with E-state index in [1.807, 2.05) is 41.1 Å². The lowest BCUT2D eigenvalue weighted by Gasteiger charge is -2.06. The molecule has 20 heavy (non-hydrogen) atoms. The number of fused-ring (bicyclic) bond motifs is 1. The molecule has 2 heterocycles. The molecule has 0 radical (unpaired) electrons. The summed E-state index contributed by atoms with van der Waals surface area (Å²) in [6.07, 6.45) is 3.82. The summed E-state index contributed by atoms with van der Waals surface area (Å²) in [5, 5.41) is 9.47. The average molecular weight is 284 g/mol. The number of hydrogen-bond donors (Lipinski definition) is 0. The molecule has 0 N–H and O–H groups in total. The Morgan fingerprint density at radius 2 is 2.15 bits per heavy atom. The highest BCUT2D eigenvalue weighted by molar-refractivity contribution is 6.31. The summed E-state index contributed by atoms with van der Waals surface area (Å²) in [7, 11) is 0. The molecule has 0 saturated carbocycles. The van der Waals surface area contributed by atoms with E-state index in [1.54, 1.807) is 18.2 Å². The average Bonchev–Trinajstić information content (AvgIpc) is 2.88. The van der Waals surface area contributed by atoms with Gasteiger partial charge in [0.15, 0.2) is 0 Å². The first-order chi connectivity index (χ1) is 9.78. The lowest BCUT2D eigenvalue weighted by molar-refractivity contribution is 0.301. The summed E-state index contributed by atoms with van der Waals surface area (Å²) in [6.45, 7) is 0.288. The summed E-state index contributed by atoms with van der Waals surface area (Å²) < 4.78 is 7.56. The van der Waals surface area contributed by atoms with Gasteiger partial charge in [-0.3, -0.25) is 0 Å². The van der Waals surface area contributed by atoms with E-state index in [2.05, 4.69) is 4.98 Å². The molecule has 3 rings (SSSR count). The van der Waals surface area contributed by atoms with Gasteiger partial charge in [-0.25, -0.2) is 4.98 Å². The van der Waals surface area contributed by atoms with Crippen molar-refractivity contribution in [3.63, 3.8) is 0 Å². The monoisotopic (exact) mass is 283 g/mol. The zero-order chi connectivity index (χ0) is 13.9. The maximum absolute atomic E-state index is 9.08. The lowest BCUT2D eigenvalue weighted by Crippen LogP contribution is -1.97. The van der Waals surface area contributed by atoms with E-state index in [0.29, 0.717) is 16.3 Å². The van der Waals surface area contributed by atoms with Gasteiger partial charge in [-0.15, -0.1) is 0 Å². The number of nitriles is 1. The van der Waals surface area contributed by atoms with Gasteiger partial charge in [0.2, 0.25) is 0 Å². The van der Waals surface area contributed by atoms with Gasteiger partial charge in [-0.1, -0.05) is 23.7 Å². The third kappa shape index (κ3) is 2.31. The van der Waals surface area contributed by atoms with Crippen LogP contribution in [0.4, 0.5) is 0 Å². The fourth-order valence-corrected chi connectivity index (χ4v) is 2.15. The Kier molecular flexibility index (Phi) is 3.28. The number of benzene rings is 1. The minimum absolute atomic E-state index is 0.288. The van der Waals surface area contributed by atoms with Crippen molar-refractivity contribution in [2.24, 2.45) is 0 Å². The Bertz CT molecular complexity index is 771. The van der Waals surface area contributed by atoms with Crippen LogP contribution in [-0.4, -0.2) is 9.38 Å². The van der Waals surface area contributed by atoms with E-state index in [0.717, 1.165) is 11.3 Å². The van der Waals surface area contributed by atoms with Crippen molar-refractivity contribution >= 4 is 17.2 Å². The number of rotatable bonds is 3. The number of aromatic nitrogens is 2. The molecular weight excluding hydrogens is 274 g/mol. The second-order valence-corrected chi connectivity index (χ2v) is 4.62. The fraction of sp³-hybridized carbons (Fsp3) is 0.0667. The SMILES string of the molecule is N#Cc1c(Cl)cccc1OCc1cn2ccccc2n1. The molecular formula is C15H10ClN3O. The first-order valence-electron chi connectivity index (χ1n) is 6.02. The van der Waals surface area contributed by atoms with Crippen LogP contribution in [0.15, 0.2) is 48.8 Å². The molecule has 0 atom stereocenters. The quantitative estimate of drug-likeness (QED) is 0.740. The van der Waals surface area contributed by atoms with Crippen molar-refractivity contribution in [1.82, 2.24) is 9.38 Å². The summed E-state index contributed by atoms with van der Waals surface area (Å²) in [5.74, 6) is 0.469. The number of hydrogen-bond acceptors (Lipinski definition) is 3. The third-order valence-corrected chi connectivity index (χ3v) is 3.19. The zero-order valence-electron chi connectivity index (χ0n) is 10.5. The minimum Gasteiger partial charge on any atom is -0.486 e. The first kappa shape index (κ1) is 12.5. The van der Waals surface area contributed by atoms with Crippen LogP contribution >= 0.6 is 11.6 Å². The maximum atomic E-state index is 9.08. The smallest absolute Gasteiger partial charge is 0.139 e. The van der Waals surface area contributed by atoms with E-state index in [1.165, 1.54) is 0 Å². The second kappa shape index (κ2) is 5.24. The minimum atomic E-state index is 0.288. The molecule has 4 nitrogen and oxygen atoms in total. The van der Waals surface area contributed by atoms with E-state index in [9.17, 15) is 0 Å². The van der Waals surface area contributed by atoms with Crippen molar-refractivity contribution in [2.75, 3.05) is 0 Å². The topological polar surface area (TPSA) is 50.3 Å². The van der Waals surface area contributed by atoms with E-state index < -0.39 is 0 Å². The van der Waals surface area contributed by atoms with Crippen molar-refractivity contribution in [3.8, 4) is 11.8 Å². The van der Waals surface area contributed by atoms with E-state index >= 15 is 0 Å². The van der Waals surface area contributed by atoms with Gasteiger partial charge in [0.1, 0.15) is 29.6 Å². The Hall–Kier alpha value is -2.51. The molecule has 0 aliphatic heterocycles. The van der Waals surface area contributed by atoms with Crippen LogP contribution in [0.3, 0.4) is 0 Å². The number of pyridine rings is 1. The molecule has 98 valence electrons. The molecule has 0 unspecified atom stereocenters. The molecule has 0 amide bonds. The molecule has 0 aliphatic carbocycles. The van der Waals surface area contributed by atoms with Crippen LogP contribution in [0.5, 0.6) is 5.75 Å². The maximum Gasteiger partial charge on any atom is 0.139 e. The predicted molar refractivity (Wildman–Crippen MR) is 75.7 cm³/mol. The zero-order valence-corrected chi connectivity index (χ0v) is 11.2. The Labute approximate surface area is 120 Å². The molecule has 0 fully saturated rings. The largest absolute Gasteiger partial charge is 0.486 e. The fourth-order valence-electron chi connectivity index (χ4n) is 1.94. The molecule has 0 bridgehead atoms. The molecule has 2 aromatic heterocycles. The van der Waals surface area contributed by atoms with Crippen LogP contribution in [-0.2, 0) is 6.61 Å². The molecule has 5 heteroatoms. The van der Waals surface area contributed by atoms with E-state index in [4.69, 9.17) is 21.6 Å².